The van der Waals surface area contributed by atoms with Gasteiger partial charge in [0.15, 0.2) is 6.10 Å². The van der Waals surface area contributed by atoms with Gasteiger partial charge in [0.25, 0.3) is 0 Å². The molecular weight excluding hydrogens is 188 g/mol. The summed E-state index contributed by atoms with van der Waals surface area (Å²) < 4.78 is 9.18. The number of hydrogen-bond acceptors (Lipinski definition) is 5. The lowest BCUT2D eigenvalue weighted by atomic mass is 10.2. The second-order valence-electron chi connectivity index (χ2n) is 2.61. The predicted octanol–water partition coefficient (Wildman–Crippen LogP) is 0.254. The summed E-state index contributed by atoms with van der Waals surface area (Å²) in [5.41, 5.74) is 0. The molecule has 0 bridgehead atoms. The zero-order valence-electron chi connectivity index (χ0n) is 8.49. The van der Waals surface area contributed by atoms with Crippen molar-refractivity contribution in [1.82, 2.24) is 0 Å². The van der Waals surface area contributed by atoms with Crippen molar-refractivity contribution < 1.29 is 24.2 Å². The fourth-order valence-corrected chi connectivity index (χ4v) is 0.844. The smallest absolute Gasteiger partial charge is 0.334 e. The molecule has 82 valence electrons. The first-order valence-electron chi connectivity index (χ1n) is 4.62. The molecule has 0 unspecified atom stereocenters. The lowest BCUT2D eigenvalue weighted by Gasteiger charge is -2.08. The number of esters is 2. The standard InChI is InChI=1S/C9H16O5/c1-3-13-8(11)6-5-7(10)9(12)14-4-2/h7,10H,3-6H2,1-2H3/t7-/m0/s1. The van der Waals surface area contributed by atoms with Gasteiger partial charge in [-0.2, -0.15) is 0 Å². The van der Waals surface area contributed by atoms with Gasteiger partial charge in [-0.05, 0) is 20.3 Å². The van der Waals surface area contributed by atoms with E-state index in [2.05, 4.69) is 9.47 Å². The molecule has 14 heavy (non-hydrogen) atoms. The highest BCUT2D eigenvalue weighted by Gasteiger charge is 2.17. The van der Waals surface area contributed by atoms with E-state index in [-0.39, 0.29) is 19.4 Å². The molecule has 0 aromatic rings. The second-order valence-corrected chi connectivity index (χ2v) is 2.61. The Morgan fingerprint density at radius 2 is 1.79 bits per heavy atom. The van der Waals surface area contributed by atoms with E-state index in [9.17, 15) is 14.7 Å². The van der Waals surface area contributed by atoms with Gasteiger partial charge in [0, 0.05) is 6.42 Å². The molecule has 1 atom stereocenters. The van der Waals surface area contributed by atoms with Gasteiger partial charge in [-0.15, -0.1) is 0 Å². The molecule has 0 aliphatic heterocycles. The lowest BCUT2D eigenvalue weighted by molar-refractivity contribution is -0.154. The number of carbonyl (C=O) groups is 2. The normalized spacial score (nSPS) is 11.9. The van der Waals surface area contributed by atoms with E-state index in [1.165, 1.54) is 0 Å². The van der Waals surface area contributed by atoms with Crippen LogP contribution in [-0.2, 0) is 19.1 Å². The molecule has 0 aliphatic rings. The number of carbonyl (C=O) groups excluding carboxylic acids is 2. The minimum absolute atomic E-state index is 0.0216. The molecule has 0 rings (SSSR count). The van der Waals surface area contributed by atoms with Gasteiger partial charge >= 0.3 is 11.9 Å². The Kier molecular flexibility index (Phi) is 6.74. The van der Waals surface area contributed by atoms with Crippen LogP contribution < -0.4 is 0 Å². The second kappa shape index (κ2) is 7.32. The van der Waals surface area contributed by atoms with Crippen LogP contribution >= 0.6 is 0 Å². The van der Waals surface area contributed by atoms with Gasteiger partial charge < -0.3 is 14.6 Å². The molecular formula is C9H16O5. The summed E-state index contributed by atoms with van der Waals surface area (Å²) in [5.74, 6) is -1.12. The van der Waals surface area contributed by atoms with Crippen molar-refractivity contribution in [3.63, 3.8) is 0 Å². The number of aliphatic hydroxyl groups is 1. The van der Waals surface area contributed by atoms with Gasteiger partial charge in [0.2, 0.25) is 0 Å². The quantitative estimate of drug-likeness (QED) is 0.628. The zero-order chi connectivity index (χ0) is 11.0. The fraction of sp³-hybridized carbons (Fsp3) is 0.778. The van der Waals surface area contributed by atoms with Crippen molar-refractivity contribution in [2.75, 3.05) is 13.2 Å². The molecule has 0 radical (unpaired) electrons. The van der Waals surface area contributed by atoms with Crippen LogP contribution in [0.2, 0.25) is 0 Å². The highest BCUT2D eigenvalue weighted by Crippen LogP contribution is 2.01. The Morgan fingerprint density at radius 1 is 1.21 bits per heavy atom. The zero-order valence-corrected chi connectivity index (χ0v) is 8.49. The third-order valence-electron chi connectivity index (χ3n) is 1.49. The topological polar surface area (TPSA) is 72.8 Å². The minimum atomic E-state index is -1.24. The summed E-state index contributed by atoms with van der Waals surface area (Å²) in [6.45, 7) is 3.86. The largest absolute Gasteiger partial charge is 0.466 e. The molecule has 0 spiro atoms. The monoisotopic (exact) mass is 204 g/mol. The first kappa shape index (κ1) is 12.9. The number of hydrogen-bond donors (Lipinski definition) is 1. The van der Waals surface area contributed by atoms with E-state index in [0.717, 1.165) is 0 Å². The van der Waals surface area contributed by atoms with Crippen molar-refractivity contribution in [2.24, 2.45) is 0 Å². The summed E-state index contributed by atoms with van der Waals surface area (Å²) >= 11 is 0. The summed E-state index contributed by atoms with van der Waals surface area (Å²) in [6.07, 6.45) is -1.18. The van der Waals surface area contributed by atoms with Crippen LogP contribution in [-0.4, -0.2) is 36.4 Å². The van der Waals surface area contributed by atoms with Gasteiger partial charge in [-0.25, -0.2) is 4.79 Å². The van der Waals surface area contributed by atoms with Crippen molar-refractivity contribution >= 4 is 11.9 Å². The average molecular weight is 204 g/mol. The number of rotatable bonds is 6. The molecule has 5 nitrogen and oxygen atoms in total. The molecule has 5 heteroatoms. The summed E-state index contributed by atoms with van der Waals surface area (Å²) in [7, 11) is 0. The molecule has 0 fully saturated rings. The number of aliphatic hydroxyl groups excluding tert-OH is 1. The summed E-state index contributed by atoms with van der Waals surface area (Å²) in [5, 5.41) is 9.18. The predicted molar refractivity (Wildman–Crippen MR) is 48.5 cm³/mol. The summed E-state index contributed by atoms with van der Waals surface area (Å²) in [6, 6.07) is 0. The Labute approximate surface area is 83.0 Å². The average Bonchev–Trinajstić information content (AvgIpc) is 2.15. The van der Waals surface area contributed by atoms with E-state index in [1.54, 1.807) is 13.8 Å². The van der Waals surface area contributed by atoms with Gasteiger partial charge in [0.05, 0.1) is 13.2 Å². The Hall–Kier alpha value is -1.10. The molecule has 1 N–H and O–H groups in total. The molecule has 0 aromatic heterocycles. The van der Waals surface area contributed by atoms with Crippen LogP contribution in [0.5, 0.6) is 0 Å². The first-order valence-corrected chi connectivity index (χ1v) is 4.62. The number of ether oxygens (including phenoxy) is 2. The van der Waals surface area contributed by atoms with Crippen molar-refractivity contribution in [1.29, 1.82) is 0 Å². The first-order chi connectivity index (χ1) is 6.61. The van der Waals surface area contributed by atoms with Crippen molar-refractivity contribution in [2.45, 2.75) is 32.8 Å². The highest BCUT2D eigenvalue weighted by atomic mass is 16.5. The SMILES string of the molecule is CCOC(=O)CC[C@H](O)C(=O)OCC. The minimum Gasteiger partial charge on any atom is -0.466 e. The Bertz CT molecular complexity index is 190. The van der Waals surface area contributed by atoms with Gasteiger partial charge in [-0.3, -0.25) is 4.79 Å². The van der Waals surface area contributed by atoms with Gasteiger partial charge in [0.1, 0.15) is 0 Å². The van der Waals surface area contributed by atoms with E-state index in [0.29, 0.717) is 6.61 Å². The molecule has 0 heterocycles. The Balaban J connectivity index is 3.67. The van der Waals surface area contributed by atoms with Crippen molar-refractivity contribution in [3.05, 3.63) is 0 Å². The van der Waals surface area contributed by atoms with Crippen LogP contribution in [0.15, 0.2) is 0 Å². The van der Waals surface area contributed by atoms with E-state index in [1.807, 2.05) is 0 Å². The van der Waals surface area contributed by atoms with Crippen LogP contribution in [0.3, 0.4) is 0 Å². The molecule has 0 saturated heterocycles. The molecule has 0 aliphatic carbocycles. The third kappa shape index (κ3) is 5.53. The third-order valence-corrected chi connectivity index (χ3v) is 1.49. The maximum absolute atomic E-state index is 10.9. The summed E-state index contributed by atoms with van der Waals surface area (Å²) in [4.78, 5) is 21.7. The van der Waals surface area contributed by atoms with Crippen LogP contribution in [0.1, 0.15) is 26.7 Å². The van der Waals surface area contributed by atoms with Crippen LogP contribution in [0.4, 0.5) is 0 Å². The maximum atomic E-state index is 10.9. The lowest BCUT2D eigenvalue weighted by Crippen LogP contribution is -2.24. The molecule has 0 saturated carbocycles. The van der Waals surface area contributed by atoms with E-state index >= 15 is 0 Å². The van der Waals surface area contributed by atoms with E-state index < -0.39 is 18.0 Å². The van der Waals surface area contributed by atoms with Crippen molar-refractivity contribution in [3.8, 4) is 0 Å². The fourth-order valence-electron chi connectivity index (χ4n) is 0.844. The van der Waals surface area contributed by atoms with E-state index in [4.69, 9.17) is 0 Å². The van der Waals surface area contributed by atoms with Gasteiger partial charge in [-0.1, -0.05) is 0 Å². The van der Waals surface area contributed by atoms with Crippen LogP contribution in [0.25, 0.3) is 0 Å². The highest BCUT2D eigenvalue weighted by molar-refractivity contribution is 5.76. The van der Waals surface area contributed by atoms with Crippen LogP contribution in [0, 0.1) is 0 Å². The molecule has 0 amide bonds. The molecule has 0 aromatic carbocycles. The Morgan fingerprint density at radius 3 is 2.29 bits per heavy atom. The maximum Gasteiger partial charge on any atom is 0.334 e.